The Hall–Kier alpha value is -2.97. The molecule has 0 radical (unpaired) electrons. The van der Waals surface area contributed by atoms with Crippen molar-refractivity contribution in [1.82, 2.24) is 15.1 Å². The Morgan fingerprint density at radius 1 is 0.947 bits per heavy atom. The molecule has 198 valence electrons. The number of anilines is 1. The van der Waals surface area contributed by atoms with E-state index >= 15 is 0 Å². The van der Waals surface area contributed by atoms with Gasteiger partial charge in [-0.2, -0.15) is 0 Å². The fourth-order valence-electron chi connectivity index (χ4n) is 6.56. The summed E-state index contributed by atoms with van der Waals surface area (Å²) >= 11 is 3.43. The number of nitrogens with one attached hydrogen (secondary N) is 2. The predicted octanol–water partition coefficient (Wildman–Crippen LogP) is 6.05. The highest BCUT2D eigenvalue weighted by Crippen LogP contribution is 2.37. The number of carbonyl (C=O) groups is 2. The minimum atomic E-state index is -0.452. The molecule has 3 saturated heterocycles. The monoisotopic (exact) mass is 578 g/mol. The van der Waals surface area contributed by atoms with E-state index in [4.69, 9.17) is 0 Å². The summed E-state index contributed by atoms with van der Waals surface area (Å²) < 4.78 is 14.4. The second-order valence-electron chi connectivity index (χ2n) is 10.9. The van der Waals surface area contributed by atoms with Crippen LogP contribution in [0.5, 0.6) is 0 Å². The molecule has 3 aromatic carbocycles. The van der Waals surface area contributed by atoms with Crippen molar-refractivity contribution in [2.75, 3.05) is 11.9 Å². The van der Waals surface area contributed by atoms with Crippen LogP contribution in [0.1, 0.15) is 44.1 Å². The molecule has 3 heterocycles. The van der Waals surface area contributed by atoms with E-state index in [-0.39, 0.29) is 23.8 Å². The van der Waals surface area contributed by atoms with Gasteiger partial charge >= 0.3 is 6.03 Å². The third-order valence-electron chi connectivity index (χ3n) is 8.35. The number of hydrogen-bond donors (Lipinski definition) is 2. The number of likely N-dealkylation sites (tertiary alicyclic amines) is 1. The summed E-state index contributed by atoms with van der Waals surface area (Å²) in [5.74, 6) is -0.346. The number of fused-ring (bicyclic) bond motifs is 3. The molecule has 3 atom stereocenters. The van der Waals surface area contributed by atoms with E-state index in [1.807, 2.05) is 36.4 Å². The first-order valence-corrected chi connectivity index (χ1v) is 14.3. The van der Waals surface area contributed by atoms with E-state index in [0.717, 1.165) is 59.6 Å². The van der Waals surface area contributed by atoms with Gasteiger partial charge in [0.05, 0.1) is 0 Å². The zero-order chi connectivity index (χ0) is 26.2. The highest BCUT2D eigenvalue weighted by atomic mass is 79.9. The van der Waals surface area contributed by atoms with Crippen LogP contribution in [0.3, 0.4) is 0 Å². The van der Waals surface area contributed by atoms with Crippen LogP contribution in [0.4, 0.5) is 14.9 Å². The Bertz CT molecular complexity index is 1350. The number of benzene rings is 3. The fourth-order valence-corrected chi connectivity index (χ4v) is 6.96. The van der Waals surface area contributed by atoms with Gasteiger partial charge in [0, 0.05) is 41.4 Å². The van der Waals surface area contributed by atoms with Crippen LogP contribution in [-0.4, -0.2) is 52.5 Å². The Labute approximate surface area is 230 Å². The summed E-state index contributed by atoms with van der Waals surface area (Å²) in [6.07, 6.45) is 5.61. The Morgan fingerprint density at radius 3 is 2.50 bits per heavy atom. The SMILES string of the molecule is O=C(Nc1cccc(Br)c1)[C@@H]1CCCN1C(=O)NC1CC2CCC(C1)N2Cc1ccc2cc(F)ccc2c1. The number of carbonyl (C=O) groups excluding carboxylic acids is 2. The van der Waals surface area contributed by atoms with Crippen molar-refractivity contribution >= 4 is 44.3 Å². The fraction of sp³-hybridized carbons (Fsp3) is 0.400. The molecule has 3 fully saturated rings. The Balaban J connectivity index is 1.06. The van der Waals surface area contributed by atoms with E-state index < -0.39 is 6.04 Å². The molecule has 3 aromatic rings. The Morgan fingerprint density at radius 2 is 1.71 bits per heavy atom. The van der Waals surface area contributed by atoms with Crippen LogP contribution >= 0.6 is 15.9 Å². The second-order valence-corrected chi connectivity index (χ2v) is 11.8. The van der Waals surface area contributed by atoms with E-state index in [1.54, 1.807) is 11.0 Å². The summed E-state index contributed by atoms with van der Waals surface area (Å²) in [5, 5.41) is 8.21. The maximum atomic E-state index is 13.5. The molecule has 2 bridgehead atoms. The number of piperidine rings is 1. The van der Waals surface area contributed by atoms with E-state index in [2.05, 4.69) is 43.6 Å². The van der Waals surface area contributed by atoms with Gasteiger partial charge in [0.25, 0.3) is 0 Å². The Kier molecular flexibility index (Phi) is 7.10. The van der Waals surface area contributed by atoms with Crippen LogP contribution in [0.2, 0.25) is 0 Å². The number of amides is 3. The predicted molar refractivity (Wildman–Crippen MR) is 150 cm³/mol. The molecule has 0 saturated carbocycles. The minimum absolute atomic E-state index is 0.116. The van der Waals surface area contributed by atoms with Crippen molar-refractivity contribution in [3.63, 3.8) is 0 Å². The molecule has 3 aliphatic rings. The van der Waals surface area contributed by atoms with Crippen molar-refractivity contribution in [3.8, 4) is 0 Å². The molecule has 2 unspecified atom stereocenters. The summed E-state index contributed by atoms with van der Waals surface area (Å²) in [6.45, 7) is 1.47. The number of halogens is 2. The number of hydrogen-bond acceptors (Lipinski definition) is 3. The lowest BCUT2D eigenvalue weighted by Gasteiger charge is -2.40. The average molecular weight is 580 g/mol. The van der Waals surface area contributed by atoms with Crippen LogP contribution < -0.4 is 10.6 Å². The van der Waals surface area contributed by atoms with E-state index in [1.165, 1.54) is 11.6 Å². The average Bonchev–Trinajstić information content (AvgIpc) is 3.47. The van der Waals surface area contributed by atoms with Crippen molar-refractivity contribution in [1.29, 1.82) is 0 Å². The third-order valence-corrected chi connectivity index (χ3v) is 8.85. The lowest BCUT2D eigenvalue weighted by molar-refractivity contribution is -0.119. The molecule has 0 aromatic heterocycles. The van der Waals surface area contributed by atoms with Crippen LogP contribution in [-0.2, 0) is 11.3 Å². The number of urea groups is 1. The third kappa shape index (κ3) is 5.29. The first-order valence-electron chi connectivity index (χ1n) is 13.5. The molecule has 6 rings (SSSR count). The van der Waals surface area contributed by atoms with Crippen molar-refractivity contribution in [3.05, 3.63) is 76.5 Å². The molecule has 38 heavy (non-hydrogen) atoms. The molecule has 3 aliphatic heterocycles. The standard InChI is InChI=1S/C30H32BrFN4O2/c31-22-3-1-4-24(15-22)33-29(37)28-5-2-12-35(28)30(38)34-25-16-26-10-11-27(17-25)36(26)18-19-6-7-21-14-23(32)9-8-20(21)13-19/h1,3-4,6-9,13-15,25-28H,2,5,10-12,16-18H2,(H,33,37)(H,34,38)/t25?,26?,27?,28-/m0/s1. The van der Waals surface area contributed by atoms with Gasteiger partial charge in [-0.15, -0.1) is 0 Å². The first-order chi connectivity index (χ1) is 18.4. The maximum Gasteiger partial charge on any atom is 0.318 e. The lowest BCUT2D eigenvalue weighted by Crippen LogP contribution is -2.54. The van der Waals surface area contributed by atoms with Crippen molar-refractivity contribution in [2.45, 2.75) is 69.2 Å². The van der Waals surface area contributed by atoms with Crippen molar-refractivity contribution in [2.24, 2.45) is 0 Å². The molecule has 0 aliphatic carbocycles. The van der Waals surface area contributed by atoms with Gasteiger partial charge in [0.1, 0.15) is 11.9 Å². The molecular weight excluding hydrogens is 547 g/mol. The van der Waals surface area contributed by atoms with Gasteiger partial charge < -0.3 is 15.5 Å². The van der Waals surface area contributed by atoms with E-state index in [0.29, 0.717) is 25.0 Å². The summed E-state index contributed by atoms with van der Waals surface area (Å²) in [7, 11) is 0. The highest BCUT2D eigenvalue weighted by molar-refractivity contribution is 9.10. The molecule has 6 nitrogen and oxygen atoms in total. The van der Waals surface area contributed by atoms with E-state index in [9.17, 15) is 14.0 Å². The van der Waals surface area contributed by atoms with Crippen molar-refractivity contribution < 1.29 is 14.0 Å². The van der Waals surface area contributed by atoms with Gasteiger partial charge in [0.2, 0.25) is 5.91 Å². The summed E-state index contributed by atoms with van der Waals surface area (Å²) in [4.78, 5) is 30.6. The highest BCUT2D eigenvalue weighted by Gasteiger charge is 2.42. The number of nitrogens with zero attached hydrogens (tertiary/aromatic N) is 2. The quantitative estimate of drug-likeness (QED) is 0.387. The zero-order valence-electron chi connectivity index (χ0n) is 21.2. The van der Waals surface area contributed by atoms with Crippen LogP contribution in [0.25, 0.3) is 10.8 Å². The second kappa shape index (κ2) is 10.7. The largest absolute Gasteiger partial charge is 0.335 e. The maximum absolute atomic E-state index is 13.5. The van der Waals surface area contributed by atoms with Gasteiger partial charge in [-0.25, -0.2) is 9.18 Å². The van der Waals surface area contributed by atoms with Crippen LogP contribution in [0, 0.1) is 5.82 Å². The van der Waals surface area contributed by atoms with Gasteiger partial charge in [-0.1, -0.05) is 40.2 Å². The number of rotatable bonds is 5. The topological polar surface area (TPSA) is 64.7 Å². The summed E-state index contributed by atoms with van der Waals surface area (Å²) in [6, 6.07) is 19.1. The smallest absolute Gasteiger partial charge is 0.318 e. The molecule has 2 N–H and O–H groups in total. The van der Waals surface area contributed by atoms with Gasteiger partial charge in [0.15, 0.2) is 0 Å². The minimum Gasteiger partial charge on any atom is -0.335 e. The normalized spacial score (nSPS) is 25.1. The van der Waals surface area contributed by atoms with Gasteiger partial charge in [-0.05, 0) is 91.3 Å². The van der Waals surface area contributed by atoms with Gasteiger partial charge in [-0.3, -0.25) is 9.69 Å². The summed E-state index contributed by atoms with van der Waals surface area (Å²) in [5.41, 5.74) is 1.96. The molecule has 3 amide bonds. The van der Waals surface area contributed by atoms with Crippen LogP contribution in [0.15, 0.2) is 65.1 Å². The lowest BCUT2D eigenvalue weighted by atomic mass is 9.96. The molecule has 0 spiro atoms. The first kappa shape index (κ1) is 25.3. The zero-order valence-corrected chi connectivity index (χ0v) is 22.8. The molecule has 8 heteroatoms. The molecular formula is C30H32BrFN4O2.